The van der Waals surface area contributed by atoms with E-state index in [1.54, 1.807) is 19.3 Å². The summed E-state index contributed by atoms with van der Waals surface area (Å²) in [5.41, 5.74) is 0.0288. The van der Waals surface area contributed by atoms with Gasteiger partial charge in [-0.25, -0.2) is 9.97 Å². The number of rotatable bonds is 4. The van der Waals surface area contributed by atoms with Crippen molar-refractivity contribution in [2.45, 2.75) is 83.6 Å². The van der Waals surface area contributed by atoms with Gasteiger partial charge in [-0.3, -0.25) is 4.79 Å². The van der Waals surface area contributed by atoms with Gasteiger partial charge in [0.15, 0.2) is 0 Å². The molecule has 0 radical (unpaired) electrons. The summed E-state index contributed by atoms with van der Waals surface area (Å²) in [5, 5.41) is 6.40. The molecule has 26 heavy (non-hydrogen) atoms. The van der Waals surface area contributed by atoms with Crippen LogP contribution >= 0.6 is 0 Å². The normalized spacial score (nSPS) is 27.2. The molecule has 7 nitrogen and oxygen atoms in total. The molecule has 0 bridgehead atoms. The topological polar surface area (TPSA) is 85.4 Å². The second kappa shape index (κ2) is 7.16. The molecule has 3 rings (SSSR count). The molecular weight excluding hydrogens is 331 g/mol. The lowest BCUT2D eigenvalue weighted by Crippen LogP contribution is -2.48. The number of aromatic nitrogens is 2. The first-order valence-electron chi connectivity index (χ1n) is 9.39. The third-order valence-corrected chi connectivity index (χ3v) is 5.67. The van der Waals surface area contributed by atoms with Crippen LogP contribution < -0.4 is 16.1 Å². The highest BCUT2D eigenvalue weighted by Gasteiger charge is 2.51. The van der Waals surface area contributed by atoms with Gasteiger partial charge in [-0.1, -0.05) is 12.8 Å². The van der Waals surface area contributed by atoms with Gasteiger partial charge in [0.2, 0.25) is 11.9 Å². The number of nitrogens with one attached hydrogen (secondary N) is 2. The molecule has 1 amide bonds. The first-order valence-corrected chi connectivity index (χ1v) is 9.39. The maximum Gasteiger partial charge on any atom is 0.498 e. The van der Waals surface area contributed by atoms with E-state index >= 15 is 0 Å². The second-order valence-corrected chi connectivity index (χ2v) is 8.27. The van der Waals surface area contributed by atoms with E-state index in [0.717, 1.165) is 31.1 Å². The summed E-state index contributed by atoms with van der Waals surface area (Å²) < 4.78 is 12.1. The van der Waals surface area contributed by atoms with E-state index in [9.17, 15) is 4.79 Å². The SMILES string of the molecule is CC(=O)N[C@@H]1CCCC[C@@H]1Nc1ncc(B2OC(C)(C)C(C)(C)O2)cn1. The summed E-state index contributed by atoms with van der Waals surface area (Å²) in [6.07, 6.45) is 7.72. The van der Waals surface area contributed by atoms with Crippen LogP contribution in [-0.4, -0.2) is 46.3 Å². The summed E-state index contributed by atoms with van der Waals surface area (Å²) in [6.45, 7) is 9.65. The monoisotopic (exact) mass is 360 g/mol. The quantitative estimate of drug-likeness (QED) is 0.794. The van der Waals surface area contributed by atoms with Crippen LogP contribution in [0, 0.1) is 0 Å². The summed E-state index contributed by atoms with van der Waals surface area (Å²) in [7, 11) is -0.462. The number of carbonyl (C=O) groups is 1. The summed E-state index contributed by atoms with van der Waals surface area (Å²) >= 11 is 0. The highest BCUT2D eigenvalue weighted by atomic mass is 16.7. The van der Waals surface area contributed by atoms with E-state index in [1.165, 1.54) is 0 Å². The summed E-state index contributed by atoms with van der Waals surface area (Å²) in [6, 6.07) is 0.267. The summed E-state index contributed by atoms with van der Waals surface area (Å²) in [5.74, 6) is 0.563. The molecule has 2 heterocycles. The third-order valence-electron chi connectivity index (χ3n) is 5.67. The first-order chi connectivity index (χ1) is 12.2. The number of anilines is 1. The molecule has 1 aliphatic heterocycles. The Labute approximate surface area is 155 Å². The van der Waals surface area contributed by atoms with E-state index in [-0.39, 0.29) is 29.2 Å². The molecule has 1 aromatic rings. The Morgan fingerprint density at radius 3 is 2.15 bits per heavy atom. The Hall–Kier alpha value is -1.67. The van der Waals surface area contributed by atoms with Gasteiger partial charge in [0.05, 0.1) is 11.2 Å². The van der Waals surface area contributed by atoms with Crippen molar-refractivity contribution in [3.8, 4) is 0 Å². The fourth-order valence-electron chi connectivity index (χ4n) is 3.42. The molecule has 0 spiro atoms. The van der Waals surface area contributed by atoms with Crippen LogP contribution in [0.1, 0.15) is 60.3 Å². The van der Waals surface area contributed by atoms with Crippen molar-refractivity contribution in [1.82, 2.24) is 15.3 Å². The number of amides is 1. The van der Waals surface area contributed by atoms with Gasteiger partial charge >= 0.3 is 7.12 Å². The average Bonchev–Trinajstić information content (AvgIpc) is 2.77. The number of carbonyl (C=O) groups excluding carboxylic acids is 1. The molecule has 2 atom stereocenters. The third kappa shape index (κ3) is 4.01. The summed E-state index contributed by atoms with van der Waals surface area (Å²) in [4.78, 5) is 20.3. The standard InChI is InChI=1S/C18H29BN4O3/c1-12(24)22-14-8-6-7-9-15(14)23-16-20-10-13(11-21-16)19-25-17(2,3)18(4,5)26-19/h10-11,14-15H,6-9H2,1-5H3,(H,22,24)(H,20,21,23)/t14-,15+/m1/s1. The largest absolute Gasteiger partial charge is 0.498 e. The van der Waals surface area contributed by atoms with E-state index in [1.807, 2.05) is 27.7 Å². The molecule has 1 saturated heterocycles. The van der Waals surface area contributed by atoms with Gasteiger partial charge in [0, 0.05) is 36.9 Å². The molecule has 8 heteroatoms. The minimum atomic E-state index is -0.462. The van der Waals surface area contributed by atoms with Gasteiger partial charge in [-0.2, -0.15) is 0 Å². The van der Waals surface area contributed by atoms with Crippen molar-refractivity contribution in [2.75, 3.05) is 5.32 Å². The van der Waals surface area contributed by atoms with Gasteiger partial charge in [0.1, 0.15) is 0 Å². The van der Waals surface area contributed by atoms with Gasteiger partial charge in [0.25, 0.3) is 0 Å². The van der Waals surface area contributed by atoms with Crippen molar-refractivity contribution < 1.29 is 14.1 Å². The predicted molar refractivity (Wildman–Crippen MR) is 101 cm³/mol. The number of hydrogen-bond acceptors (Lipinski definition) is 6. The number of nitrogens with zero attached hydrogens (tertiary/aromatic N) is 2. The Kier molecular flexibility index (Phi) is 5.26. The molecular formula is C18H29BN4O3. The van der Waals surface area contributed by atoms with Crippen molar-refractivity contribution in [3.05, 3.63) is 12.4 Å². The van der Waals surface area contributed by atoms with Crippen LogP contribution in [0.3, 0.4) is 0 Å². The molecule has 2 fully saturated rings. The molecule has 1 aliphatic carbocycles. The lowest BCUT2D eigenvalue weighted by molar-refractivity contribution is -0.119. The highest BCUT2D eigenvalue weighted by Crippen LogP contribution is 2.36. The van der Waals surface area contributed by atoms with Crippen molar-refractivity contribution >= 4 is 24.4 Å². The van der Waals surface area contributed by atoms with Crippen LogP contribution in [0.5, 0.6) is 0 Å². The number of hydrogen-bond donors (Lipinski definition) is 2. The van der Waals surface area contributed by atoms with Crippen LogP contribution in [0.15, 0.2) is 12.4 Å². The van der Waals surface area contributed by atoms with Crippen molar-refractivity contribution in [3.63, 3.8) is 0 Å². The predicted octanol–water partition coefficient (Wildman–Crippen LogP) is 1.64. The fourth-order valence-corrected chi connectivity index (χ4v) is 3.42. The van der Waals surface area contributed by atoms with E-state index in [0.29, 0.717) is 5.95 Å². The van der Waals surface area contributed by atoms with E-state index in [2.05, 4.69) is 20.6 Å². The average molecular weight is 360 g/mol. The zero-order valence-corrected chi connectivity index (χ0v) is 16.3. The lowest BCUT2D eigenvalue weighted by Gasteiger charge is -2.32. The Morgan fingerprint density at radius 2 is 1.62 bits per heavy atom. The molecule has 0 aromatic carbocycles. The molecule has 1 aromatic heterocycles. The zero-order valence-electron chi connectivity index (χ0n) is 16.3. The maximum atomic E-state index is 11.4. The van der Waals surface area contributed by atoms with Crippen LogP contribution in [0.25, 0.3) is 0 Å². The molecule has 1 saturated carbocycles. The first kappa shape index (κ1) is 19.1. The van der Waals surface area contributed by atoms with E-state index in [4.69, 9.17) is 9.31 Å². The van der Waals surface area contributed by atoms with Crippen molar-refractivity contribution in [2.24, 2.45) is 0 Å². The Bertz CT molecular complexity index is 634. The minimum absolute atomic E-state index is 0.000673. The van der Waals surface area contributed by atoms with Gasteiger partial charge < -0.3 is 19.9 Å². The van der Waals surface area contributed by atoms with Gasteiger partial charge in [-0.15, -0.1) is 0 Å². The van der Waals surface area contributed by atoms with Crippen LogP contribution in [-0.2, 0) is 14.1 Å². The maximum absolute atomic E-state index is 11.4. The molecule has 142 valence electrons. The van der Waals surface area contributed by atoms with Gasteiger partial charge in [-0.05, 0) is 40.5 Å². The lowest BCUT2D eigenvalue weighted by atomic mass is 9.81. The van der Waals surface area contributed by atoms with Crippen LogP contribution in [0.4, 0.5) is 5.95 Å². The smallest absolute Gasteiger partial charge is 0.399 e. The Balaban J connectivity index is 1.65. The molecule has 2 N–H and O–H groups in total. The van der Waals surface area contributed by atoms with E-state index < -0.39 is 7.12 Å². The second-order valence-electron chi connectivity index (χ2n) is 8.27. The van der Waals surface area contributed by atoms with Crippen LogP contribution in [0.2, 0.25) is 0 Å². The highest BCUT2D eigenvalue weighted by molar-refractivity contribution is 6.61. The molecule has 0 unspecified atom stereocenters. The fraction of sp³-hybridized carbons (Fsp3) is 0.722. The van der Waals surface area contributed by atoms with Crippen molar-refractivity contribution in [1.29, 1.82) is 0 Å². The zero-order chi connectivity index (χ0) is 18.9. The minimum Gasteiger partial charge on any atom is -0.399 e. The Morgan fingerprint density at radius 1 is 1.08 bits per heavy atom. The molecule has 2 aliphatic rings.